The minimum atomic E-state index is -1.26. The lowest BCUT2D eigenvalue weighted by atomic mass is 10.0. The number of amides is 3. The number of H-pyrrole nitrogens is 2. The maximum Gasteiger partial charge on any atom is 0.327 e. The molecule has 40 heavy (non-hydrogen) atoms. The molecule has 3 aromatic rings. The lowest BCUT2D eigenvalue weighted by Gasteiger charge is -2.25. The highest BCUT2D eigenvalue weighted by atomic mass is 32.1. The van der Waals surface area contributed by atoms with Crippen molar-refractivity contribution < 1.29 is 24.3 Å². The van der Waals surface area contributed by atoms with Gasteiger partial charge in [0.1, 0.15) is 18.1 Å². The van der Waals surface area contributed by atoms with Crippen LogP contribution in [0.15, 0.2) is 43.0 Å². The number of aromatic nitrogens is 3. The predicted octanol–water partition coefficient (Wildman–Crippen LogP) is -0.399. The number of rotatable bonds is 16. The number of carboxylic acid groups (broad SMARTS) is 1. The largest absolute Gasteiger partial charge is 0.480 e. The molecule has 2 heterocycles. The van der Waals surface area contributed by atoms with E-state index in [0.717, 1.165) is 16.5 Å². The van der Waals surface area contributed by atoms with Crippen LogP contribution in [0.3, 0.4) is 0 Å². The Labute approximate surface area is 236 Å². The molecule has 216 valence electrons. The number of nitrogens with two attached hydrogens (primary N) is 2. The number of unbranched alkanes of at least 4 members (excludes halogenated alkanes) is 1. The van der Waals surface area contributed by atoms with Crippen LogP contribution in [-0.4, -0.2) is 80.2 Å². The lowest BCUT2D eigenvalue weighted by molar-refractivity contribution is -0.141. The minimum Gasteiger partial charge on any atom is -0.480 e. The molecule has 2 aromatic heterocycles. The maximum atomic E-state index is 13.6. The summed E-state index contributed by atoms with van der Waals surface area (Å²) in [6.07, 6.45) is 6.57. The average molecular weight is 573 g/mol. The summed E-state index contributed by atoms with van der Waals surface area (Å²) in [5.41, 5.74) is 13.8. The zero-order valence-corrected chi connectivity index (χ0v) is 22.8. The second-order valence-electron chi connectivity index (χ2n) is 9.44. The van der Waals surface area contributed by atoms with Crippen molar-refractivity contribution in [3.8, 4) is 0 Å². The van der Waals surface area contributed by atoms with Crippen LogP contribution in [0.2, 0.25) is 0 Å². The third-order valence-electron chi connectivity index (χ3n) is 6.45. The monoisotopic (exact) mass is 572 g/mol. The second-order valence-corrected chi connectivity index (χ2v) is 9.81. The average Bonchev–Trinajstić information content (AvgIpc) is 3.60. The van der Waals surface area contributed by atoms with E-state index in [9.17, 15) is 24.3 Å². The van der Waals surface area contributed by atoms with E-state index in [2.05, 4.69) is 43.5 Å². The predicted molar refractivity (Wildman–Crippen MR) is 152 cm³/mol. The maximum absolute atomic E-state index is 13.6. The van der Waals surface area contributed by atoms with Crippen molar-refractivity contribution in [2.75, 3.05) is 12.3 Å². The number of carbonyl (C=O) groups excluding carboxylic acids is 3. The number of thiol groups is 1. The molecule has 4 atom stereocenters. The fraction of sp³-hybridized carbons (Fsp3) is 0.423. The van der Waals surface area contributed by atoms with Gasteiger partial charge < -0.3 is 42.5 Å². The van der Waals surface area contributed by atoms with Gasteiger partial charge in [-0.2, -0.15) is 12.6 Å². The molecule has 0 aliphatic carbocycles. The Morgan fingerprint density at radius 1 is 0.950 bits per heavy atom. The van der Waals surface area contributed by atoms with Gasteiger partial charge in [0.15, 0.2) is 0 Å². The first-order chi connectivity index (χ1) is 19.2. The van der Waals surface area contributed by atoms with Gasteiger partial charge in [-0.15, -0.1) is 0 Å². The van der Waals surface area contributed by atoms with Crippen LogP contribution in [0.1, 0.15) is 30.5 Å². The molecule has 1 aromatic carbocycles. The zero-order valence-electron chi connectivity index (χ0n) is 21.9. The molecule has 3 rings (SSSR count). The summed E-state index contributed by atoms with van der Waals surface area (Å²) in [4.78, 5) is 61.1. The number of nitrogens with zero attached hydrogens (tertiary/aromatic N) is 1. The molecular weight excluding hydrogens is 536 g/mol. The van der Waals surface area contributed by atoms with Gasteiger partial charge in [0, 0.05) is 47.6 Å². The number of para-hydroxylation sites is 1. The number of aromatic amines is 2. The summed E-state index contributed by atoms with van der Waals surface area (Å²) in [6, 6.07) is 3.18. The van der Waals surface area contributed by atoms with E-state index in [4.69, 9.17) is 11.5 Å². The molecule has 0 aliphatic rings. The summed E-state index contributed by atoms with van der Waals surface area (Å²) in [5, 5.41) is 18.1. The highest BCUT2D eigenvalue weighted by Crippen LogP contribution is 2.19. The standard InChI is InChI=1S/C26H36N8O5S/c27-8-4-3-6-18(28)23(35)32-20(9-15-11-30-19-7-2-1-5-17(15)19)24(36)33-21(10-16-12-29-14-31-16)25(37)34-22(13-40)26(38)39/h1-2,5,7,11-12,14,18,20-22,30,40H,3-4,6,8-10,13,27-28H2,(H,29,31)(H,32,35)(H,33,36)(H,34,37)(H,38,39). The smallest absolute Gasteiger partial charge is 0.327 e. The van der Waals surface area contributed by atoms with Crippen molar-refractivity contribution in [1.82, 2.24) is 30.9 Å². The van der Waals surface area contributed by atoms with E-state index in [-0.39, 0.29) is 18.6 Å². The quantitative estimate of drug-likeness (QED) is 0.0810. The fourth-order valence-electron chi connectivity index (χ4n) is 4.20. The molecule has 10 N–H and O–H groups in total. The molecule has 0 aliphatic heterocycles. The van der Waals surface area contributed by atoms with Crippen LogP contribution >= 0.6 is 12.6 Å². The van der Waals surface area contributed by atoms with Gasteiger partial charge in [-0.05, 0) is 31.0 Å². The Bertz CT molecular complexity index is 1280. The summed E-state index contributed by atoms with van der Waals surface area (Å²) in [7, 11) is 0. The Hall–Kier alpha value is -3.88. The van der Waals surface area contributed by atoms with Crippen molar-refractivity contribution >= 4 is 47.2 Å². The fourth-order valence-corrected chi connectivity index (χ4v) is 4.45. The molecule has 0 spiro atoms. The molecule has 13 nitrogen and oxygen atoms in total. The Kier molecular flexibility index (Phi) is 11.5. The van der Waals surface area contributed by atoms with Crippen molar-refractivity contribution in [2.24, 2.45) is 11.5 Å². The van der Waals surface area contributed by atoms with Crippen LogP contribution in [0.25, 0.3) is 10.9 Å². The Balaban J connectivity index is 1.83. The van der Waals surface area contributed by atoms with Crippen molar-refractivity contribution in [2.45, 2.75) is 56.3 Å². The van der Waals surface area contributed by atoms with Gasteiger partial charge in [-0.1, -0.05) is 24.6 Å². The van der Waals surface area contributed by atoms with Gasteiger partial charge in [-0.3, -0.25) is 14.4 Å². The highest BCUT2D eigenvalue weighted by molar-refractivity contribution is 7.80. The number of carboxylic acids is 1. The van der Waals surface area contributed by atoms with E-state index < -0.39 is 47.9 Å². The number of benzene rings is 1. The number of carbonyl (C=O) groups is 4. The third kappa shape index (κ3) is 8.56. The van der Waals surface area contributed by atoms with E-state index in [0.29, 0.717) is 31.5 Å². The number of nitrogens with one attached hydrogen (secondary N) is 5. The second kappa shape index (κ2) is 15.1. The molecule has 0 fully saturated rings. The van der Waals surface area contributed by atoms with E-state index >= 15 is 0 Å². The summed E-state index contributed by atoms with van der Waals surface area (Å²) >= 11 is 3.99. The van der Waals surface area contributed by atoms with Crippen LogP contribution in [0.4, 0.5) is 0 Å². The van der Waals surface area contributed by atoms with Gasteiger partial charge in [0.25, 0.3) is 0 Å². The van der Waals surface area contributed by atoms with Crippen LogP contribution in [0.5, 0.6) is 0 Å². The number of hydrogen-bond donors (Lipinski definition) is 9. The van der Waals surface area contributed by atoms with Gasteiger partial charge >= 0.3 is 5.97 Å². The van der Waals surface area contributed by atoms with Crippen LogP contribution < -0.4 is 27.4 Å². The molecule has 14 heteroatoms. The van der Waals surface area contributed by atoms with E-state index in [1.807, 2.05) is 24.3 Å². The molecule has 0 radical (unpaired) electrons. The van der Waals surface area contributed by atoms with Crippen molar-refractivity contribution in [1.29, 1.82) is 0 Å². The number of aliphatic carboxylic acids is 1. The lowest BCUT2D eigenvalue weighted by Crippen LogP contribution is -2.58. The van der Waals surface area contributed by atoms with Gasteiger partial charge in [-0.25, -0.2) is 9.78 Å². The van der Waals surface area contributed by atoms with Gasteiger partial charge in [0.2, 0.25) is 17.7 Å². The SMILES string of the molecule is NCCCCC(N)C(=O)NC(Cc1c[nH]c2ccccc12)C(=O)NC(Cc1cnc[nH]1)C(=O)NC(CS)C(=O)O. The normalized spacial score (nSPS) is 14.2. The number of fused-ring (bicyclic) bond motifs is 1. The Morgan fingerprint density at radius 3 is 2.27 bits per heavy atom. The molecule has 3 amide bonds. The Morgan fingerprint density at radius 2 is 1.62 bits per heavy atom. The van der Waals surface area contributed by atoms with Crippen LogP contribution in [0, 0.1) is 0 Å². The molecule has 0 saturated heterocycles. The first-order valence-electron chi connectivity index (χ1n) is 13.0. The molecule has 0 bridgehead atoms. The van der Waals surface area contributed by atoms with Crippen molar-refractivity contribution in [3.63, 3.8) is 0 Å². The molecular formula is C26H36N8O5S. The number of imidazole rings is 1. The topological polar surface area (TPSA) is 221 Å². The van der Waals surface area contributed by atoms with Crippen LogP contribution in [-0.2, 0) is 32.0 Å². The first kappa shape index (κ1) is 30.7. The number of hydrogen-bond acceptors (Lipinski definition) is 8. The molecule has 0 saturated carbocycles. The van der Waals surface area contributed by atoms with E-state index in [1.165, 1.54) is 12.5 Å². The summed E-state index contributed by atoms with van der Waals surface area (Å²) in [6.45, 7) is 0.482. The highest BCUT2D eigenvalue weighted by Gasteiger charge is 2.31. The van der Waals surface area contributed by atoms with E-state index in [1.54, 1.807) is 6.20 Å². The zero-order chi connectivity index (χ0) is 29.1. The van der Waals surface area contributed by atoms with Crippen molar-refractivity contribution in [3.05, 3.63) is 54.2 Å². The summed E-state index contributed by atoms with van der Waals surface area (Å²) < 4.78 is 0. The third-order valence-corrected chi connectivity index (χ3v) is 6.81. The first-order valence-corrected chi connectivity index (χ1v) is 13.6. The summed E-state index contributed by atoms with van der Waals surface area (Å²) in [5.74, 6) is -3.27. The molecule has 4 unspecified atom stereocenters. The minimum absolute atomic E-state index is 0.00282. The van der Waals surface area contributed by atoms with Gasteiger partial charge in [0.05, 0.1) is 12.4 Å².